The molecule has 2 N–H and O–H groups in total. The predicted molar refractivity (Wildman–Crippen MR) is 182 cm³/mol. The summed E-state index contributed by atoms with van der Waals surface area (Å²) in [5.74, 6) is -0.0104. The quantitative estimate of drug-likeness (QED) is 0.130. The average molecular weight is 709 g/mol. The molecule has 1 aliphatic heterocycles. The Hall–Kier alpha value is -3.49. The second kappa shape index (κ2) is 16.3. The molecule has 0 aliphatic carbocycles. The van der Waals surface area contributed by atoms with Gasteiger partial charge in [-0.1, -0.05) is 31.9 Å². The summed E-state index contributed by atoms with van der Waals surface area (Å²) in [5.41, 5.74) is 1.42. The number of nitrogens with zero attached hydrogens (tertiary/aromatic N) is 3. The fourth-order valence-electron chi connectivity index (χ4n) is 5.03. The number of piperazine rings is 1. The van der Waals surface area contributed by atoms with Crippen LogP contribution in [0, 0.1) is 6.92 Å². The zero-order valence-corrected chi connectivity index (χ0v) is 29.5. The molecular weight excluding hydrogens is 666 g/mol. The highest BCUT2D eigenvalue weighted by atomic mass is 32.2. The molecule has 0 atom stereocenters. The molecule has 0 bridgehead atoms. The van der Waals surface area contributed by atoms with Gasteiger partial charge in [-0.05, 0) is 57.0 Å². The van der Waals surface area contributed by atoms with E-state index in [1.54, 1.807) is 19.9 Å². The SMILES string of the molecule is CCCCCNC(=O)N1CCN(Cc2nc(-c3ccc(C(F)(F)F)cc3)sc2COc2cc(C)c(SC(C)(C)C(=O)O)cc2OC)CC1. The number of thiazole rings is 1. The van der Waals surface area contributed by atoms with Crippen molar-refractivity contribution in [1.82, 2.24) is 20.1 Å². The van der Waals surface area contributed by atoms with Crippen LogP contribution in [-0.4, -0.2) is 76.5 Å². The number of carboxylic acid groups (broad SMARTS) is 1. The molecule has 1 aromatic heterocycles. The molecule has 3 aromatic rings. The first kappa shape index (κ1) is 37.3. The summed E-state index contributed by atoms with van der Waals surface area (Å²) in [6.45, 7) is 11.0. The maximum Gasteiger partial charge on any atom is 0.416 e. The maximum atomic E-state index is 13.2. The Morgan fingerprint density at radius 2 is 1.75 bits per heavy atom. The first-order chi connectivity index (χ1) is 22.7. The number of urea groups is 1. The molecule has 2 heterocycles. The van der Waals surface area contributed by atoms with E-state index in [9.17, 15) is 27.9 Å². The van der Waals surface area contributed by atoms with Crippen molar-refractivity contribution < 1.29 is 37.3 Å². The van der Waals surface area contributed by atoms with Gasteiger partial charge in [-0.2, -0.15) is 13.2 Å². The van der Waals surface area contributed by atoms with Crippen LogP contribution in [0.4, 0.5) is 18.0 Å². The topological polar surface area (TPSA) is 104 Å². The van der Waals surface area contributed by atoms with Gasteiger partial charge >= 0.3 is 18.2 Å². The molecule has 2 amide bonds. The van der Waals surface area contributed by atoms with E-state index in [0.29, 0.717) is 61.3 Å². The number of aromatic nitrogens is 1. The monoisotopic (exact) mass is 708 g/mol. The van der Waals surface area contributed by atoms with Gasteiger partial charge in [0, 0.05) is 49.7 Å². The van der Waals surface area contributed by atoms with Gasteiger partial charge < -0.3 is 24.8 Å². The number of hydrogen-bond acceptors (Lipinski definition) is 8. The number of benzene rings is 2. The number of amides is 2. The normalized spacial score (nSPS) is 14.2. The van der Waals surface area contributed by atoms with Crippen molar-refractivity contribution in [3.8, 4) is 22.1 Å². The Morgan fingerprint density at radius 3 is 2.35 bits per heavy atom. The number of aryl methyl sites for hydroxylation is 1. The molecule has 0 unspecified atom stereocenters. The van der Waals surface area contributed by atoms with E-state index in [1.165, 1.54) is 42.3 Å². The van der Waals surface area contributed by atoms with Gasteiger partial charge in [0.05, 0.1) is 23.2 Å². The van der Waals surface area contributed by atoms with Gasteiger partial charge in [-0.3, -0.25) is 9.69 Å². The minimum atomic E-state index is -4.44. The fourth-order valence-corrected chi connectivity index (χ4v) is 7.05. The largest absolute Gasteiger partial charge is 0.493 e. The molecule has 9 nitrogen and oxygen atoms in total. The van der Waals surface area contributed by atoms with Crippen molar-refractivity contribution in [2.45, 2.75) is 75.9 Å². The summed E-state index contributed by atoms with van der Waals surface area (Å²) in [6.07, 6.45) is -1.32. The summed E-state index contributed by atoms with van der Waals surface area (Å²) in [6, 6.07) is 8.48. The fraction of sp³-hybridized carbons (Fsp3) is 0.500. The van der Waals surface area contributed by atoms with Crippen molar-refractivity contribution >= 4 is 35.1 Å². The maximum absolute atomic E-state index is 13.2. The van der Waals surface area contributed by atoms with Crippen LogP contribution in [0.15, 0.2) is 41.3 Å². The highest BCUT2D eigenvalue weighted by Crippen LogP contribution is 2.41. The van der Waals surface area contributed by atoms with Crippen LogP contribution in [0.3, 0.4) is 0 Å². The number of rotatable bonds is 14. The Labute approximate surface area is 287 Å². The third kappa shape index (κ3) is 9.79. The number of ether oxygens (including phenoxy) is 2. The number of methoxy groups -OCH3 is 1. The highest BCUT2D eigenvalue weighted by molar-refractivity contribution is 8.01. The molecule has 0 saturated carbocycles. The molecule has 1 fully saturated rings. The molecule has 2 aromatic carbocycles. The van der Waals surface area contributed by atoms with Crippen molar-refractivity contribution in [1.29, 1.82) is 0 Å². The number of carbonyl (C=O) groups is 2. The molecule has 0 spiro atoms. The van der Waals surface area contributed by atoms with E-state index >= 15 is 0 Å². The van der Waals surface area contributed by atoms with Crippen molar-refractivity contribution in [3.63, 3.8) is 0 Å². The number of nitrogens with one attached hydrogen (secondary N) is 1. The zero-order chi connectivity index (χ0) is 35.1. The second-order valence-corrected chi connectivity index (χ2v) is 14.9. The molecule has 1 saturated heterocycles. The standard InChI is InChI=1S/C34H43F3N4O5S2/c1-6-7-8-13-38-32(44)41-16-14-40(15-17-41)20-25-29(47-30(39-25)23-9-11-24(12-10-23)34(35,36)37)21-46-27-18-22(2)28(19-26(27)45-5)48-33(3,4)31(42)43/h9-12,18-19H,6-8,13-17,20-21H2,1-5H3,(H,38,44)(H,42,43). The lowest BCUT2D eigenvalue weighted by molar-refractivity contribution is -0.139. The highest BCUT2D eigenvalue weighted by Gasteiger charge is 2.31. The predicted octanol–water partition coefficient (Wildman–Crippen LogP) is 7.70. The lowest BCUT2D eigenvalue weighted by atomic mass is 10.1. The van der Waals surface area contributed by atoms with Crippen molar-refractivity contribution in [2.24, 2.45) is 0 Å². The van der Waals surface area contributed by atoms with Gasteiger partial charge in [0.2, 0.25) is 0 Å². The van der Waals surface area contributed by atoms with Gasteiger partial charge in [0.1, 0.15) is 16.4 Å². The van der Waals surface area contributed by atoms with E-state index in [0.717, 1.165) is 52.4 Å². The molecular formula is C34H43F3N4O5S2. The third-order valence-electron chi connectivity index (χ3n) is 8.03. The van der Waals surface area contributed by atoms with E-state index in [4.69, 9.17) is 14.5 Å². The van der Waals surface area contributed by atoms with Crippen LogP contribution in [-0.2, 0) is 24.1 Å². The minimum Gasteiger partial charge on any atom is -0.493 e. The second-order valence-electron chi connectivity index (χ2n) is 12.1. The number of carbonyl (C=O) groups excluding carboxylic acids is 1. The number of unbranched alkanes of at least 4 members (excludes halogenated alkanes) is 2. The molecule has 1 aliphatic rings. The van der Waals surface area contributed by atoms with Crippen LogP contribution in [0.5, 0.6) is 11.5 Å². The van der Waals surface area contributed by atoms with E-state index in [-0.39, 0.29) is 12.6 Å². The summed E-state index contributed by atoms with van der Waals surface area (Å²) in [7, 11) is 1.51. The number of thioether (sulfide) groups is 1. The third-order valence-corrected chi connectivity index (χ3v) is 10.5. The smallest absolute Gasteiger partial charge is 0.416 e. The summed E-state index contributed by atoms with van der Waals surface area (Å²) in [4.78, 5) is 34.7. The number of alkyl halides is 3. The zero-order valence-electron chi connectivity index (χ0n) is 27.9. The first-order valence-corrected chi connectivity index (χ1v) is 17.5. The van der Waals surface area contributed by atoms with Crippen LogP contribution < -0.4 is 14.8 Å². The Kier molecular flexibility index (Phi) is 12.7. The Balaban J connectivity index is 1.52. The number of aliphatic carboxylic acids is 1. The van der Waals surface area contributed by atoms with Crippen LogP contribution in [0.1, 0.15) is 61.7 Å². The summed E-state index contributed by atoms with van der Waals surface area (Å²) in [5, 5.41) is 13.2. The molecule has 0 radical (unpaired) electrons. The molecule has 48 heavy (non-hydrogen) atoms. The summed E-state index contributed by atoms with van der Waals surface area (Å²) >= 11 is 2.57. The Morgan fingerprint density at radius 1 is 1.06 bits per heavy atom. The molecule has 4 rings (SSSR count). The van der Waals surface area contributed by atoms with Crippen molar-refractivity contribution in [2.75, 3.05) is 39.8 Å². The average Bonchev–Trinajstić information content (AvgIpc) is 3.45. The number of carboxylic acids is 1. The van der Waals surface area contributed by atoms with E-state index in [1.807, 2.05) is 17.9 Å². The van der Waals surface area contributed by atoms with Crippen LogP contribution in [0.2, 0.25) is 0 Å². The van der Waals surface area contributed by atoms with E-state index in [2.05, 4.69) is 17.1 Å². The van der Waals surface area contributed by atoms with Gasteiger partial charge in [0.15, 0.2) is 11.5 Å². The minimum absolute atomic E-state index is 0.0572. The van der Waals surface area contributed by atoms with Crippen LogP contribution >= 0.6 is 23.1 Å². The molecule has 262 valence electrons. The van der Waals surface area contributed by atoms with Crippen molar-refractivity contribution in [3.05, 3.63) is 58.1 Å². The number of hydrogen-bond donors (Lipinski definition) is 2. The lowest BCUT2D eigenvalue weighted by Crippen LogP contribution is -2.51. The van der Waals surface area contributed by atoms with Crippen LogP contribution in [0.25, 0.3) is 10.6 Å². The van der Waals surface area contributed by atoms with Gasteiger partial charge in [-0.25, -0.2) is 9.78 Å². The Bertz CT molecular complexity index is 1560. The molecule has 14 heteroatoms. The first-order valence-electron chi connectivity index (χ1n) is 15.9. The van der Waals surface area contributed by atoms with Gasteiger partial charge in [0.25, 0.3) is 0 Å². The van der Waals surface area contributed by atoms with E-state index < -0.39 is 22.5 Å². The number of halogens is 3. The van der Waals surface area contributed by atoms with Gasteiger partial charge in [-0.15, -0.1) is 23.1 Å². The summed E-state index contributed by atoms with van der Waals surface area (Å²) < 4.78 is 50.5. The lowest BCUT2D eigenvalue weighted by Gasteiger charge is -2.34.